The number of phenolic OH excluding ortho intramolecular Hbond substituents is 1. The van der Waals surface area contributed by atoms with Crippen LogP contribution in [0.25, 0.3) is 0 Å². The molecule has 0 aliphatic carbocycles. The number of rotatable bonds is 7. The van der Waals surface area contributed by atoms with Gasteiger partial charge in [-0.2, -0.15) is 5.10 Å². The lowest BCUT2D eigenvalue weighted by Crippen LogP contribution is -2.24. The summed E-state index contributed by atoms with van der Waals surface area (Å²) in [4.78, 5) is 11.7. The number of phenols is 1. The van der Waals surface area contributed by atoms with E-state index in [4.69, 9.17) is 21.1 Å². The summed E-state index contributed by atoms with van der Waals surface area (Å²) in [6.45, 7) is 2.14. The maximum absolute atomic E-state index is 11.7. The van der Waals surface area contributed by atoms with E-state index in [9.17, 15) is 9.90 Å². The van der Waals surface area contributed by atoms with Crippen LogP contribution in [0.15, 0.2) is 47.6 Å². The van der Waals surface area contributed by atoms with Crippen molar-refractivity contribution >= 4 is 23.7 Å². The number of nitrogens with one attached hydrogen (secondary N) is 1. The first-order valence-electron chi connectivity index (χ1n) is 7.25. The molecular formula is C17H17ClN2O4. The van der Waals surface area contributed by atoms with Gasteiger partial charge in [-0.1, -0.05) is 23.7 Å². The molecule has 2 N–H and O–H groups in total. The lowest BCUT2D eigenvalue weighted by molar-refractivity contribution is -0.123. The molecule has 2 aromatic rings. The molecule has 0 atom stereocenters. The van der Waals surface area contributed by atoms with Gasteiger partial charge in [0.2, 0.25) is 0 Å². The Morgan fingerprint density at radius 1 is 1.29 bits per heavy atom. The van der Waals surface area contributed by atoms with Gasteiger partial charge in [0.05, 0.1) is 17.8 Å². The zero-order chi connectivity index (χ0) is 17.4. The second kappa shape index (κ2) is 8.79. The molecule has 2 rings (SSSR count). The van der Waals surface area contributed by atoms with E-state index in [1.54, 1.807) is 36.4 Å². The molecule has 0 aliphatic heterocycles. The first-order valence-corrected chi connectivity index (χ1v) is 7.63. The molecule has 0 fully saturated rings. The van der Waals surface area contributed by atoms with E-state index in [1.807, 2.05) is 6.92 Å². The third kappa shape index (κ3) is 5.17. The quantitative estimate of drug-likeness (QED) is 0.595. The fraction of sp³-hybridized carbons (Fsp3) is 0.176. The van der Waals surface area contributed by atoms with E-state index in [0.717, 1.165) is 0 Å². The van der Waals surface area contributed by atoms with Crippen LogP contribution < -0.4 is 14.9 Å². The zero-order valence-electron chi connectivity index (χ0n) is 13.0. The highest BCUT2D eigenvalue weighted by atomic mass is 35.5. The predicted octanol–water partition coefficient (Wildman–Crippen LogP) is 2.97. The number of amides is 1. The van der Waals surface area contributed by atoms with Gasteiger partial charge in [0.1, 0.15) is 17.2 Å². The second-order valence-electron chi connectivity index (χ2n) is 4.67. The first kappa shape index (κ1) is 17.6. The van der Waals surface area contributed by atoms with Crippen LogP contribution in [0.3, 0.4) is 0 Å². The molecule has 0 unspecified atom stereocenters. The smallest absolute Gasteiger partial charge is 0.277 e. The molecule has 0 saturated carbocycles. The Hall–Kier alpha value is -2.73. The van der Waals surface area contributed by atoms with Crippen molar-refractivity contribution in [2.75, 3.05) is 13.2 Å². The molecule has 0 spiro atoms. The highest BCUT2D eigenvalue weighted by Gasteiger charge is 2.05. The van der Waals surface area contributed by atoms with Gasteiger partial charge in [-0.3, -0.25) is 4.79 Å². The summed E-state index contributed by atoms with van der Waals surface area (Å²) in [5, 5.41) is 14.0. The van der Waals surface area contributed by atoms with Gasteiger partial charge in [0.15, 0.2) is 6.61 Å². The average molecular weight is 349 g/mol. The lowest BCUT2D eigenvalue weighted by Gasteiger charge is -2.07. The molecule has 6 nitrogen and oxygen atoms in total. The summed E-state index contributed by atoms with van der Waals surface area (Å²) in [6, 6.07) is 11.6. The maximum Gasteiger partial charge on any atom is 0.277 e. The summed E-state index contributed by atoms with van der Waals surface area (Å²) >= 11 is 5.92. The van der Waals surface area contributed by atoms with Crippen molar-refractivity contribution in [3.63, 3.8) is 0 Å². The molecule has 0 radical (unpaired) electrons. The molecule has 0 aromatic heterocycles. The van der Waals surface area contributed by atoms with Crippen molar-refractivity contribution in [3.05, 3.63) is 53.1 Å². The van der Waals surface area contributed by atoms with Crippen molar-refractivity contribution < 1.29 is 19.4 Å². The molecule has 7 heteroatoms. The van der Waals surface area contributed by atoms with E-state index >= 15 is 0 Å². The van der Waals surface area contributed by atoms with Crippen LogP contribution in [0.2, 0.25) is 5.02 Å². The zero-order valence-corrected chi connectivity index (χ0v) is 13.8. The van der Waals surface area contributed by atoms with Crippen LogP contribution in [-0.4, -0.2) is 30.4 Å². The minimum Gasteiger partial charge on any atom is -0.507 e. The molecule has 0 bridgehead atoms. The van der Waals surface area contributed by atoms with E-state index in [0.29, 0.717) is 28.7 Å². The molecule has 1 amide bonds. The van der Waals surface area contributed by atoms with E-state index in [1.165, 1.54) is 12.3 Å². The molecule has 0 heterocycles. The third-order valence-electron chi connectivity index (χ3n) is 2.90. The van der Waals surface area contributed by atoms with Gasteiger partial charge in [-0.15, -0.1) is 0 Å². The Bertz CT molecular complexity index is 734. The van der Waals surface area contributed by atoms with Gasteiger partial charge in [-0.05, 0) is 37.3 Å². The normalized spacial score (nSPS) is 10.6. The number of hydrogen-bond donors (Lipinski definition) is 2. The topological polar surface area (TPSA) is 80.2 Å². The number of aromatic hydroxyl groups is 1. The first-order chi connectivity index (χ1) is 11.6. The predicted molar refractivity (Wildman–Crippen MR) is 92.0 cm³/mol. The van der Waals surface area contributed by atoms with E-state index in [-0.39, 0.29) is 12.4 Å². The van der Waals surface area contributed by atoms with Gasteiger partial charge < -0.3 is 14.6 Å². The summed E-state index contributed by atoms with van der Waals surface area (Å²) in [7, 11) is 0. The Morgan fingerprint density at radius 2 is 2.08 bits per heavy atom. The Labute approximate surface area is 144 Å². The molecular weight excluding hydrogens is 332 g/mol. The van der Waals surface area contributed by atoms with Crippen LogP contribution >= 0.6 is 11.6 Å². The van der Waals surface area contributed by atoms with Crippen LogP contribution in [0.1, 0.15) is 12.5 Å². The number of hydrazone groups is 1. The van der Waals surface area contributed by atoms with Crippen molar-refractivity contribution in [2.45, 2.75) is 6.92 Å². The SMILES string of the molecule is CCOc1ccc(O)c(C=NNC(=O)COc2ccccc2Cl)c1. The molecule has 2 aromatic carbocycles. The van der Waals surface area contributed by atoms with Crippen LogP contribution in [0, 0.1) is 0 Å². The number of para-hydroxylation sites is 1. The van der Waals surface area contributed by atoms with Crippen LogP contribution in [0.5, 0.6) is 17.2 Å². The summed E-state index contributed by atoms with van der Waals surface area (Å²) in [5.41, 5.74) is 2.73. The average Bonchev–Trinajstić information content (AvgIpc) is 2.57. The van der Waals surface area contributed by atoms with Crippen molar-refractivity contribution in [2.24, 2.45) is 5.10 Å². The van der Waals surface area contributed by atoms with Crippen molar-refractivity contribution in [3.8, 4) is 17.2 Å². The van der Waals surface area contributed by atoms with E-state index in [2.05, 4.69) is 10.5 Å². The van der Waals surface area contributed by atoms with Crippen molar-refractivity contribution in [1.29, 1.82) is 0 Å². The Kier molecular flexibility index (Phi) is 6.45. The number of halogens is 1. The standard InChI is InChI=1S/C17H17ClN2O4/c1-2-23-13-7-8-15(21)12(9-13)10-19-20-17(22)11-24-16-6-4-3-5-14(16)18/h3-10,21H,2,11H2,1H3,(H,20,22). The summed E-state index contributed by atoms with van der Waals surface area (Å²) in [5.74, 6) is 0.598. The largest absolute Gasteiger partial charge is 0.507 e. The van der Waals surface area contributed by atoms with Gasteiger partial charge in [0, 0.05) is 5.56 Å². The highest BCUT2D eigenvalue weighted by Crippen LogP contribution is 2.23. The summed E-state index contributed by atoms with van der Waals surface area (Å²) in [6.07, 6.45) is 1.32. The molecule has 24 heavy (non-hydrogen) atoms. The number of carbonyl (C=O) groups is 1. The monoisotopic (exact) mass is 348 g/mol. The minimum absolute atomic E-state index is 0.0313. The van der Waals surface area contributed by atoms with Crippen LogP contribution in [-0.2, 0) is 4.79 Å². The molecule has 126 valence electrons. The lowest BCUT2D eigenvalue weighted by atomic mass is 10.2. The molecule has 0 saturated heterocycles. The Balaban J connectivity index is 1.88. The van der Waals surface area contributed by atoms with E-state index < -0.39 is 5.91 Å². The number of benzene rings is 2. The van der Waals surface area contributed by atoms with Gasteiger partial charge in [0.25, 0.3) is 5.91 Å². The Morgan fingerprint density at radius 3 is 2.83 bits per heavy atom. The minimum atomic E-state index is -0.452. The fourth-order valence-corrected chi connectivity index (χ4v) is 1.99. The molecule has 0 aliphatic rings. The summed E-state index contributed by atoms with van der Waals surface area (Å²) < 4.78 is 10.6. The van der Waals surface area contributed by atoms with Gasteiger partial charge in [-0.25, -0.2) is 5.43 Å². The third-order valence-corrected chi connectivity index (χ3v) is 3.21. The number of ether oxygens (including phenoxy) is 2. The fourth-order valence-electron chi connectivity index (χ4n) is 1.80. The number of carbonyl (C=O) groups excluding carboxylic acids is 1. The van der Waals surface area contributed by atoms with Gasteiger partial charge >= 0.3 is 0 Å². The highest BCUT2D eigenvalue weighted by molar-refractivity contribution is 6.32. The van der Waals surface area contributed by atoms with Crippen molar-refractivity contribution in [1.82, 2.24) is 5.43 Å². The number of nitrogens with zero attached hydrogens (tertiary/aromatic N) is 1. The maximum atomic E-state index is 11.7. The second-order valence-corrected chi connectivity index (χ2v) is 5.07. The number of hydrogen-bond acceptors (Lipinski definition) is 5. The van der Waals surface area contributed by atoms with Crippen LogP contribution in [0.4, 0.5) is 0 Å².